The lowest BCUT2D eigenvalue weighted by molar-refractivity contribution is -0.132. The second-order valence-electron chi connectivity index (χ2n) is 6.18. The van der Waals surface area contributed by atoms with Gasteiger partial charge in [-0.25, -0.2) is 4.79 Å². The summed E-state index contributed by atoms with van der Waals surface area (Å²) in [5, 5.41) is 6.79. The van der Waals surface area contributed by atoms with Gasteiger partial charge in [-0.2, -0.15) is 5.01 Å². The lowest BCUT2D eigenvalue weighted by Gasteiger charge is -2.22. The molecule has 1 aliphatic heterocycles. The predicted octanol–water partition coefficient (Wildman–Crippen LogP) is 2.92. The van der Waals surface area contributed by atoms with E-state index >= 15 is 0 Å². The van der Waals surface area contributed by atoms with E-state index in [0.29, 0.717) is 5.56 Å². The molecule has 3 N–H and O–H groups in total. The van der Waals surface area contributed by atoms with Crippen molar-refractivity contribution in [3.05, 3.63) is 65.7 Å². The van der Waals surface area contributed by atoms with E-state index in [0.717, 1.165) is 22.7 Å². The van der Waals surface area contributed by atoms with E-state index in [-0.39, 0.29) is 5.11 Å². The van der Waals surface area contributed by atoms with Crippen LogP contribution >= 0.6 is 12.2 Å². The predicted molar refractivity (Wildman–Crippen MR) is 104 cm³/mol. The van der Waals surface area contributed by atoms with Crippen molar-refractivity contribution in [2.45, 2.75) is 25.8 Å². The van der Waals surface area contributed by atoms with Crippen LogP contribution in [0.25, 0.3) is 0 Å². The van der Waals surface area contributed by atoms with Gasteiger partial charge in [-0.3, -0.25) is 10.2 Å². The van der Waals surface area contributed by atoms with Gasteiger partial charge in [0.1, 0.15) is 5.54 Å². The summed E-state index contributed by atoms with van der Waals surface area (Å²) in [5.74, 6) is -0.417. The molecule has 0 bridgehead atoms. The van der Waals surface area contributed by atoms with Crippen molar-refractivity contribution in [3.63, 3.8) is 0 Å². The SMILES string of the molecule is CCc1cccc(NC(=S)NN2C(=O)N[C@@](C)(c3ccccc3)C2=O)c1. The minimum atomic E-state index is -1.14. The van der Waals surface area contributed by atoms with E-state index in [4.69, 9.17) is 12.2 Å². The number of urea groups is 1. The van der Waals surface area contributed by atoms with Crippen molar-refractivity contribution in [2.24, 2.45) is 0 Å². The van der Waals surface area contributed by atoms with Gasteiger partial charge in [-0.1, -0.05) is 49.4 Å². The first-order chi connectivity index (χ1) is 12.4. The van der Waals surface area contributed by atoms with Gasteiger partial charge >= 0.3 is 6.03 Å². The molecule has 2 aromatic rings. The highest BCUT2D eigenvalue weighted by molar-refractivity contribution is 7.80. The van der Waals surface area contributed by atoms with E-state index in [2.05, 4.69) is 23.0 Å². The van der Waals surface area contributed by atoms with Crippen LogP contribution < -0.4 is 16.1 Å². The van der Waals surface area contributed by atoms with Crippen LogP contribution in [0.2, 0.25) is 0 Å². The zero-order valence-electron chi connectivity index (χ0n) is 14.6. The van der Waals surface area contributed by atoms with Crippen LogP contribution in [-0.4, -0.2) is 22.1 Å². The van der Waals surface area contributed by atoms with E-state index in [1.54, 1.807) is 19.1 Å². The fourth-order valence-electron chi connectivity index (χ4n) is 2.84. The molecule has 6 nitrogen and oxygen atoms in total. The highest BCUT2D eigenvalue weighted by atomic mass is 32.1. The summed E-state index contributed by atoms with van der Waals surface area (Å²) in [4.78, 5) is 25.1. The minimum Gasteiger partial charge on any atom is -0.331 e. The van der Waals surface area contributed by atoms with Crippen LogP contribution in [0.4, 0.5) is 10.5 Å². The van der Waals surface area contributed by atoms with Gasteiger partial charge in [0, 0.05) is 5.69 Å². The van der Waals surface area contributed by atoms with Crippen molar-refractivity contribution in [2.75, 3.05) is 5.32 Å². The van der Waals surface area contributed by atoms with Crippen LogP contribution in [0, 0.1) is 0 Å². The van der Waals surface area contributed by atoms with Crippen molar-refractivity contribution < 1.29 is 9.59 Å². The van der Waals surface area contributed by atoms with Crippen LogP contribution in [0.1, 0.15) is 25.0 Å². The molecule has 26 heavy (non-hydrogen) atoms. The molecule has 1 aliphatic rings. The Kier molecular flexibility index (Phi) is 4.90. The molecular weight excluding hydrogens is 348 g/mol. The Bertz CT molecular complexity index is 856. The molecular formula is C19H20N4O2S. The number of hydrogen-bond donors (Lipinski definition) is 3. The summed E-state index contributed by atoms with van der Waals surface area (Å²) in [5.41, 5.74) is 4.20. The van der Waals surface area contributed by atoms with Gasteiger partial charge < -0.3 is 10.6 Å². The Hall–Kier alpha value is -2.93. The minimum absolute atomic E-state index is 0.166. The van der Waals surface area contributed by atoms with Gasteiger partial charge in [-0.15, -0.1) is 0 Å². The number of amides is 3. The maximum Gasteiger partial charge on any atom is 0.344 e. The van der Waals surface area contributed by atoms with E-state index in [1.807, 2.05) is 42.5 Å². The first-order valence-corrected chi connectivity index (χ1v) is 8.73. The number of hydrogen-bond acceptors (Lipinski definition) is 3. The third-order valence-corrected chi connectivity index (χ3v) is 4.54. The summed E-state index contributed by atoms with van der Waals surface area (Å²) in [6, 6.07) is 16.3. The number of aryl methyl sites for hydroxylation is 1. The quantitative estimate of drug-likeness (QED) is 0.572. The van der Waals surface area contributed by atoms with Crippen LogP contribution in [0.5, 0.6) is 0 Å². The maximum atomic E-state index is 12.8. The number of anilines is 1. The van der Waals surface area contributed by atoms with Crippen LogP contribution in [0.3, 0.4) is 0 Å². The Morgan fingerprint density at radius 1 is 1.15 bits per heavy atom. The molecule has 7 heteroatoms. The summed E-state index contributed by atoms with van der Waals surface area (Å²) in [7, 11) is 0. The molecule has 0 spiro atoms. The monoisotopic (exact) mass is 368 g/mol. The summed E-state index contributed by atoms with van der Waals surface area (Å²) in [6.07, 6.45) is 0.901. The van der Waals surface area contributed by atoms with Crippen molar-refractivity contribution >= 4 is 35.0 Å². The van der Waals surface area contributed by atoms with E-state index in [1.165, 1.54) is 0 Å². The zero-order valence-corrected chi connectivity index (χ0v) is 15.4. The number of carbonyl (C=O) groups excluding carboxylic acids is 2. The van der Waals surface area contributed by atoms with Gasteiger partial charge in [0.15, 0.2) is 5.11 Å². The average molecular weight is 368 g/mol. The number of nitrogens with one attached hydrogen (secondary N) is 3. The van der Waals surface area contributed by atoms with Gasteiger partial charge in [0.05, 0.1) is 0 Å². The molecule has 3 rings (SSSR count). The normalized spacial score (nSPS) is 19.2. The molecule has 0 aliphatic carbocycles. The first kappa shape index (κ1) is 17.9. The van der Waals surface area contributed by atoms with Gasteiger partial charge in [-0.05, 0) is 48.8 Å². The Labute approximate surface area is 157 Å². The van der Waals surface area contributed by atoms with Crippen molar-refractivity contribution in [1.82, 2.24) is 15.8 Å². The number of nitrogens with zero attached hydrogens (tertiary/aromatic N) is 1. The van der Waals surface area contributed by atoms with Gasteiger partial charge in [0.2, 0.25) is 0 Å². The lowest BCUT2D eigenvalue weighted by atomic mass is 9.92. The molecule has 1 atom stereocenters. The molecule has 1 heterocycles. The lowest BCUT2D eigenvalue weighted by Crippen LogP contribution is -2.49. The summed E-state index contributed by atoms with van der Waals surface area (Å²) in [6.45, 7) is 3.73. The van der Waals surface area contributed by atoms with Crippen molar-refractivity contribution in [1.29, 1.82) is 0 Å². The Balaban J connectivity index is 1.72. The number of carbonyl (C=O) groups is 2. The fraction of sp³-hybridized carbons (Fsp3) is 0.211. The topological polar surface area (TPSA) is 73.5 Å². The number of hydrazine groups is 1. The molecule has 0 saturated carbocycles. The number of thiocarbonyl (C=S) groups is 1. The van der Waals surface area contributed by atoms with Crippen molar-refractivity contribution in [3.8, 4) is 0 Å². The Morgan fingerprint density at radius 2 is 1.88 bits per heavy atom. The van der Waals surface area contributed by atoms with E-state index < -0.39 is 17.5 Å². The third kappa shape index (κ3) is 3.39. The molecule has 134 valence electrons. The third-order valence-electron chi connectivity index (χ3n) is 4.35. The molecule has 0 unspecified atom stereocenters. The van der Waals surface area contributed by atoms with Crippen LogP contribution in [-0.2, 0) is 16.8 Å². The standard InChI is InChI=1S/C19H20N4O2S/c1-3-13-8-7-11-15(12-13)20-17(26)22-23-16(24)19(2,21-18(23)25)14-9-5-4-6-10-14/h4-12H,3H2,1-2H3,(H,21,25)(H2,20,22,26)/t19-/m0/s1. The molecule has 1 fully saturated rings. The molecule has 0 aromatic heterocycles. The number of benzene rings is 2. The average Bonchev–Trinajstić information content (AvgIpc) is 2.87. The molecule has 1 saturated heterocycles. The molecule has 3 amide bonds. The fourth-order valence-corrected chi connectivity index (χ4v) is 3.05. The summed E-state index contributed by atoms with van der Waals surface area (Å²) < 4.78 is 0. The second kappa shape index (κ2) is 7.13. The zero-order chi connectivity index (χ0) is 18.7. The van der Waals surface area contributed by atoms with E-state index in [9.17, 15) is 9.59 Å². The largest absolute Gasteiger partial charge is 0.344 e. The van der Waals surface area contributed by atoms with Gasteiger partial charge in [0.25, 0.3) is 5.91 Å². The first-order valence-electron chi connectivity index (χ1n) is 8.33. The highest BCUT2D eigenvalue weighted by Crippen LogP contribution is 2.27. The number of rotatable bonds is 4. The maximum absolute atomic E-state index is 12.8. The highest BCUT2D eigenvalue weighted by Gasteiger charge is 2.49. The summed E-state index contributed by atoms with van der Waals surface area (Å²) >= 11 is 5.25. The second-order valence-corrected chi connectivity index (χ2v) is 6.59. The number of imide groups is 1. The smallest absolute Gasteiger partial charge is 0.331 e. The Morgan fingerprint density at radius 3 is 2.58 bits per heavy atom. The molecule has 2 aromatic carbocycles. The van der Waals surface area contributed by atoms with Crippen LogP contribution in [0.15, 0.2) is 54.6 Å². The molecule has 0 radical (unpaired) electrons.